The highest BCUT2D eigenvalue weighted by molar-refractivity contribution is 7.87. The van der Waals surface area contributed by atoms with Crippen molar-refractivity contribution in [2.45, 2.75) is 109 Å². The number of amides is 1. The fourth-order valence-corrected chi connectivity index (χ4v) is 6.82. The van der Waals surface area contributed by atoms with Crippen LogP contribution in [0.3, 0.4) is 0 Å². The predicted octanol–water partition coefficient (Wildman–Crippen LogP) is 4.74. The molecule has 0 aliphatic carbocycles. The van der Waals surface area contributed by atoms with Gasteiger partial charge >= 0.3 is 0 Å². The van der Waals surface area contributed by atoms with Crippen LogP contribution in [0.15, 0.2) is 23.1 Å². The highest BCUT2D eigenvalue weighted by Gasteiger charge is 2.41. The lowest BCUT2D eigenvalue weighted by molar-refractivity contribution is -0.205. The molecule has 3 rings (SSSR count). The van der Waals surface area contributed by atoms with Gasteiger partial charge in [-0.2, -0.15) is 0 Å². The Balaban J connectivity index is 1.76. The molecule has 0 bridgehead atoms. The fraction of sp³-hybridized carbons (Fsp3) is 0.815. The van der Waals surface area contributed by atoms with Crippen LogP contribution in [-0.4, -0.2) is 58.9 Å². The Hall–Kier alpha value is -1.22. The third-order valence-corrected chi connectivity index (χ3v) is 9.83. The molecule has 3 aliphatic rings. The van der Waals surface area contributed by atoms with Crippen LogP contribution in [0.1, 0.15) is 86.5 Å². The average molecular weight is 512 g/mol. The van der Waals surface area contributed by atoms with Crippen molar-refractivity contribution in [1.82, 2.24) is 5.32 Å². The number of carbonyl (C=O) groups excluding carboxylic acids is 1. The summed E-state index contributed by atoms with van der Waals surface area (Å²) in [5, 5.41) is 2.91. The third kappa shape index (κ3) is 6.76. The summed E-state index contributed by atoms with van der Waals surface area (Å²) >= 11 is 0. The lowest BCUT2D eigenvalue weighted by atomic mass is 9.74. The number of nitrogens with one attached hydrogen (secondary N) is 1. The van der Waals surface area contributed by atoms with Crippen molar-refractivity contribution in [3.05, 3.63) is 23.1 Å². The third-order valence-electron chi connectivity index (χ3n) is 7.57. The number of hydrogen-bond donors (Lipinski definition) is 1. The lowest BCUT2D eigenvalue weighted by Crippen LogP contribution is -2.49. The molecule has 3 aliphatic heterocycles. The van der Waals surface area contributed by atoms with E-state index in [9.17, 15) is 9.00 Å². The van der Waals surface area contributed by atoms with Crippen molar-refractivity contribution in [3.8, 4) is 0 Å². The van der Waals surface area contributed by atoms with Crippen molar-refractivity contribution in [2.24, 2.45) is 5.41 Å². The summed E-state index contributed by atoms with van der Waals surface area (Å²) in [5.74, 6) is 0.126. The summed E-state index contributed by atoms with van der Waals surface area (Å²) in [5.41, 5.74) is 2.03. The molecule has 7 nitrogen and oxygen atoms in total. The van der Waals surface area contributed by atoms with Crippen molar-refractivity contribution >= 4 is 16.7 Å². The Labute approximate surface area is 213 Å². The van der Waals surface area contributed by atoms with Gasteiger partial charge in [0.15, 0.2) is 12.2 Å². The molecule has 35 heavy (non-hydrogen) atoms. The minimum Gasteiger partial charge on any atom is -0.474 e. The minimum absolute atomic E-state index is 0.0312. The van der Waals surface area contributed by atoms with Crippen molar-refractivity contribution in [1.29, 1.82) is 0 Å². The first-order valence-corrected chi connectivity index (χ1v) is 14.5. The van der Waals surface area contributed by atoms with Gasteiger partial charge in [0.1, 0.15) is 11.4 Å². The maximum absolute atomic E-state index is 13.3. The second-order valence-electron chi connectivity index (χ2n) is 10.8. The Morgan fingerprint density at radius 1 is 1.14 bits per heavy atom. The molecule has 3 atom stereocenters. The molecule has 2 fully saturated rings. The predicted molar refractivity (Wildman–Crippen MR) is 138 cm³/mol. The van der Waals surface area contributed by atoms with Gasteiger partial charge in [-0.3, -0.25) is 14.3 Å². The molecule has 0 aromatic carbocycles. The van der Waals surface area contributed by atoms with Gasteiger partial charge in [0.2, 0.25) is 5.91 Å². The number of carbonyl (C=O) groups is 1. The van der Waals surface area contributed by atoms with Gasteiger partial charge in [-0.1, -0.05) is 27.7 Å². The Kier molecular flexibility index (Phi) is 10.0. The summed E-state index contributed by atoms with van der Waals surface area (Å²) in [4.78, 5) is 13.3. The average Bonchev–Trinajstić information content (AvgIpc) is 2.87. The maximum atomic E-state index is 13.3. The van der Waals surface area contributed by atoms with Gasteiger partial charge in [-0.05, 0) is 69.9 Å². The molecule has 200 valence electrons. The van der Waals surface area contributed by atoms with E-state index in [-0.39, 0.29) is 29.0 Å². The van der Waals surface area contributed by atoms with E-state index in [1.54, 1.807) is 13.8 Å². The zero-order valence-electron chi connectivity index (χ0n) is 22.4. The normalized spacial score (nSPS) is 24.4. The minimum atomic E-state index is -1.32. The van der Waals surface area contributed by atoms with Crippen molar-refractivity contribution < 1.29 is 28.0 Å². The van der Waals surface area contributed by atoms with Gasteiger partial charge in [-0.25, -0.2) is 0 Å². The molecule has 0 aromatic heterocycles. The van der Waals surface area contributed by atoms with Gasteiger partial charge < -0.3 is 18.9 Å². The van der Waals surface area contributed by atoms with Crippen LogP contribution >= 0.6 is 0 Å². The first-order valence-electron chi connectivity index (χ1n) is 13.2. The Bertz CT molecular complexity index is 822. The van der Waals surface area contributed by atoms with E-state index in [0.717, 1.165) is 44.3 Å². The van der Waals surface area contributed by atoms with E-state index in [4.69, 9.17) is 18.9 Å². The zero-order valence-corrected chi connectivity index (χ0v) is 23.3. The number of ether oxygens (including phenoxy) is 4. The first kappa shape index (κ1) is 28.4. The molecule has 2 saturated heterocycles. The SMILES string of the molecule is CCC1=C(C(C)(C)C(CC)OC2CCCCO2)C=C(NC(=O)C(C)(C)S(=O)C2CCOCC2)OC1. The second kappa shape index (κ2) is 12.3. The molecule has 1 N–H and O–H groups in total. The van der Waals surface area contributed by atoms with Crippen LogP contribution < -0.4 is 5.32 Å². The zero-order chi connectivity index (χ0) is 25.6. The molecule has 3 heterocycles. The van der Waals surface area contributed by atoms with E-state index >= 15 is 0 Å². The molecule has 0 spiro atoms. The second-order valence-corrected chi connectivity index (χ2v) is 13.1. The van der Waals surface area contributed by atoms with Crippen LogP contribution in [0.4, 0.5) is 0 Å². The van der Waals surface area contributed by atoms with Gasteiger partial charge in [0.25, 0.3) is 0 Å². The summed E-state index contributed by atoms with van der Waals surface area (Å²) in [6, 6.07) is 0. The van der Waals surface area contributed by atoms with E-state index in [1.165, 1.54) is 5.57 Å². The quantitative estimate of drug-likeness (QED) is 0.456. The van der Waals surface area contributed by atoms with Crippen molar-refractivity contribution in [2.75, 3.05) is 26.4 Å². The van der Waals surface area contributed by atoms with Gasteiger partial charge in [-0.15, -0.1) is 0 Å². The lowest BCUT2D eigenvalue weighted by Gasteiger charge is -2.40. The molecule has 0 aromatic rings. The Morgan fingerprint density at radius 3 is 2.46 bits per heavy atom. The standard InChI is InChI=1S/C27H45NO6S/c1-7-19-18-33-23(28-25(29)27(5,6)35(30)20-12-15-31-16-13-20)17-21(19)26(3,4)22(8-2)34-24-11-9-10-14-32-24/h17,20,22,24H,7-16,18H2,1-6H3,(H,28,29). The number of allylic oxidation sites excluding steroid dienone is 1. The van der Waals surface area contributed by atoms with Crippen LogP contribution in [0.25, 0.3) is 0 Å². The molecule has 0 saturated carbocycles. The van der Waals surface area contributed by atoms with E-state index in [0.29, 0.717) is 38.5 Å². The first-order chi connectivity index (χ1) is 16.6. The molecule has 1 amide bonds. The highest BCUT2D eigenvalue weighted by atomic mass is 32.2. The highest BCUT2D eigenvalue weighted by Crippen LogP contribution is 2.41. The smallest absolute Gasteiger partial charge is 0.244 e. The summed E-state index contributed by atoms with van der Waals surface area (Å²) in [6.45, 7) is 14.5. The van der Waals surface area contributed by atoms with E-state index in [1.807, 2.05) is 6.08 Å². The van der Waals surface area contributed by atoms with Crippen molar-refractivity contribution in [3.63, 3.8) is 0 Å². The maximum Gasteiger partial charge on any atom is 0.244 e. The molecular formula is C27H45NO6S. The monoisotopic (exact) mass is 511 g/mol. The van der Waals surface area contributed by atoms with E-state index in [2.05, 4.69) is 33.0 Å². The summed E-state index contributed by atoms with van der Waals surface area (Å²) in [7, 11) is -1.32. The molecular weight excluding hydrogens is 466 g/mol. The van der Waals surface area contributed by atoms with Crippen LogP contribution in [-0.2, 0) is 34.5 Å². The summed E-state index contributed by atoms with van der Waals surface area (Å²) in [6.07, 6.45) is 8.01. The molecule has 8 heteroatoms. The van der Waals surface area contributed by atoms with E-state index < -0.39 is 15.5 Å². The fourth-order valence-electron chi connectivity index (χ4n) is 5.14. The number of rotatable bonds is 10. The Morgan fingerprint density at radius 2 is 1.86 bits per heavy atom. The van der Waals surface area contributed by atoms with Crippen LogP contribution in [0.2, 0.25) is 0 Å². The van der Waals surface area contributed by atoms with Crippen LogP contribution in [0, 0.1) is 5.41 Å². The van der Waals surface area contributed by atoms with Crippen LogP contribution in [0.5, 0.6) is 0 Å². The topological polar surface area (TPSA) is 83.1 Å². The summed E-state index contributed by atoms with van der Waals surface area (Å²) < 4.78 is 35.9. The van der Waals surface area contributed by atoms with Gasteiger partial charge in [0.05, 0.1) is 6.10 Å². The molecule has 0 radical (unpaired) electrons. The molecule has 3 unspecified atom stereocenters. The van der Waals surface area contributed by atoms with Gasteiger partial charge in [0, 0.05) is 47.4 Å². The number of hydrogen-bond acceptors (Lipinski definition) is 6. The largest absolute Gasteiger partial charge is 0.474 e.